The van der Waals surface area contributed by atoms with Crippen molar-refractivity contribution in [2.75, 3.05) is 6.54 Å². The molecule has 0 aliphatic carbocycles. The minimum atomic E-state index is -0.240. The Hall–Kier alpha value is -1.65. The maximum absolute atomic E-state index is 11.4. The fourth-order valence-electron chi connectivity index (χ4n) is 1.11. The van der Waals surface area contributed by atoms with Crippen molar-refractivity contribution in [3.05, 3.63) is 24.3 Å². The summed E-state index contributed by atoms with van der Waals surface area (Å²) >= 11 is 0. The molecule has 1 aromatic heterocycles. The third-order valence-corrected chi connectivity index (χ3v) is 1.86. The minimum Gasteiger partial charge on any atom is -0.349 e. The van der Waals surface area contributed by atoms with Gasteiger partial charge in [-0.25, -0.2) is 4.98 Å². The Morgan fingerprint density at radius 3 is 3.13 bits per heavy atom. The van der Waals surface area contributed by atoms with Crippen molar-refractivity contribution in [2.24, 2.45) is 0 Å². The SMILES string of the molecule is C=CCCNC(=O)c1n[nH]c(CCC)n1. The Morgan fingerprint density at radius 2 is 2.47 bits per heavy atom. The molecule has 0 aliphatic heterocycles. The molecule has 1 aromatic rings. The normalized spacial score (nSPS) is 9.93. The van der Waals surface area contributed by atoms with Crippen molar-refractivity contribution >= 4 is 5.91 Å². The largest absolute Gasteiger partial charge is 0.349 e. The number of nitrogens with one attached hydrogen (secondary N) is 2. The summed E-state index contributed by atoms with van der Waals surface area (Å²) in [6.45, 7) is 6.19. The van der Waals surface area contributed by atoms with Gasteiger partial charge in [0.05, 0.1) is 0 Å². The second kappa shape index (κ2) is 5.95. The van der Waals surface area contributed by atoms with Gasteiger partial charge < -0.3 is 5.32 Å². The molecule has 1 amide bonds. The number of hydrogen-bond donors (Lipinski definition) is 2. The van der Waals surface area contributed by atoms with E-state index in [1.54, 1.807) is 6.08 Å². The van der Waals surface area contributed by atoms with Crippen LogP contribution in [0.3, 0.4) is 0 Å². The number of nitrogens with zero attached hydrogens (tertiary/aromatic N) is 2. The predicted molar refractivity (Wildman–Crippen MR) is 57.5 cm³/mol. The molecule has 1 rings (SSSR count). The lowest BCUT2D eigenvalue weighted by molar-refractivity contribution is 0.0944. The van der Waals surface area contributed by atoms with Crippen LogP contribution in [0, 0.1) is 0 Å². The van der Waals surface area contributed by atoms with Gasteiger partial charge in [-0.15, -0.1) is 11.7 Å². The van der Waals surface area contributed by atoms with Gasteiger partial charge in [0.15, 0.2) is 0 Å². The van der Waals surface area contributed by atoms with Gasteiger partial charge in [0, 0.05) is 13.0 Å². The first-order valence-electron chi connectivity index (χ1n) is 5.08. The Balaban J connectivity index is 2.46. The summed E-state index contributed by atoms with van der Waals surface area (Å²) in [5, 5.41) is 9.28. The molecule has 1 heterocycles. The predicted octanol–water partition coefficient (Wildman–Crippen LogP) is 1.06. The van der Waals surface area contributed by atoms with E-state index in [-0.39, 0.29) is 11.7 Å². The molecule has 0 radical (unpaired) electrons. The second-order valence-electron chi connectivity index (χ2n) is 3.19. The highest BCUT2D eigenvalue weighted by molar-refractivity contribution is 5.90. The molecule has 0 spiro atoms. The molecule has 0 fully saturated rings. The van der Waals surface area contributed by atoms with Gasteiger partial charge in [-0.2, -0.15) is 0 Å². The van der Waals surface area contributed by atoms with Crippen LogP contribution in [0.15, 0.2) is 12.7 Å². The second-order valence-corrected chi connectivity index (χ2v) is 3.19. The number of H-pyrrole nitrogens is 1. The van der Waals surface area contributed by atoms with Crippen molar-refractivity contribution in [3.63, 3.8) is 0 Å². The highest BCUT2D eigenvalue weighted by atomic mass is 16.2. The standard InChI is InChI=1S/C10H16N4O/c1-3-5-7-11-10(15)9-12-8(6-4-2)13-14-9/h3H,1,4-7H2,2H3,(H,11,15)(H,12,13,14). The number of rotatable bonds is 6. The highest BCUT2D eigenvalue weighted by Gasteiger charge is 2.10. The molecule has 2 N–H and O–H groups in total. The van der Waals surface area contributed by atoms with E-state index in [9.17, 15) is 4.79 Å². The van der Waals surface area contributed by atoms with Crippen LogP contribution in [-0.2, 0) is 6.42 Å². The molecule has 0 unspecified atom stereocenters. The molecule has 5 nitrogen and oxygen atoms in total. The lowest BCUT2D eigenvalue weighted by Gasteiger charge is -1.97. The van der Waals surface area contributed by atoms with Crippen molar-refractivity contribution in [1.29, 1.82) is 0 Å². The smallest absolute Gasteiger partial charge is 0.290 e. The number of amides is 1. The summed E-state index contributed by atoms with van der Waals surface area (Å²) in [6.07, 6.45) is 4.29. The monoisotopic (exact) mass is 208 g/mol. The third kappa shape index (κ3) is 3.53. The van der Waals surface area contributed by atoms with E-state index in [1.807, 2.05) is 6.92 Å². The van der Waals surface area contributed by atoms with Crippen LogP contribution in [0.2, 0.25) is 0 Å². The summed E-state index contributed by atoms with van der Waals surface area (Å²) in [4.78, 5) is 15.5. The number of carbonyl (C=O) groups excluding carboxylic acids is 1. The van der Waals surface area contributed by atoms with E-state index in [0.29, 0.717) is 6.54 Å². The molecule has 5 heteroatoms. The van der Waals surface area contributed by atoms with Gasteiger partial charge in [-0.3, -0.25) is 9.89 Å². The summed E-state index contributed by atoms with van der Waals surface area (Å²) in [6, 6.07) is 0. The maximum atomic E-state index is 11.4. The average Bonchev–Trinajstić information content (AvgIpc) is 2.67. The molecule has 15 heavy (non-hydrogen) atoms. The number of aromatic nitrogens is 3. The summed E-state index contributed by atoms with van der Waals surface area (Å²) in [7, 11) is 0. The van der Waals surface area contributed by atoms with Crippen molar-refractivity contribution < 1.29 is 4.79 Å². The number of hydrogen-bond acceptors (Lipinski definition) is 3. The number of carbonyl (C=O) groups is 1. The fourth-order valence-corrected chi connectivity index (χ4v) is 1.11. The molecule has 0 aromatic carbocycles. The maximum Gasteiger partial charge on any atom is 0.290 e. The molecule has 0 atom stereocenters. The zero-order valence-electron chi connectivity index (χ0n) is 8.92. The van der Waals surface area contributed by atoms with Gasteiger partial charge >= 0.3 is 0 Å². The van der Waals surface area contributed by atoms with Crippen LogP contribution in [-0.4, -0.2) is 27.6 Å². The van der Waals surface area contributed by atoms with E-state index in [0.717, 1.165) is 25.1 Å². The van der Waals surface area contributed by atoms with E-state index in [1.165, 1.54) is 0 Å². The van der Waals surface area contributed by atoms with Crippen molar-refractivity contribution in [3.8, 4) is 0 Å². The Bertz CT molecular complexity index is 332. The summed E-state index contributed by atoms with van der Waals surface area (Å²) in [5.41, 5.74) is 0. The topological polar surface area (TPSA) is 70.7 Å². The van der Waals surface area contributed by atoms with Gasteiger partial charge in [-0.05, 0) is 12.8 Å². The van der Waals surface area contributed by atoms with Crippen molar-refractivity contribution in [2.45, 2.75) is 26.2 Å². The van der Waals surface area contributed by atoms with Gasteiger partial charge in [0.1, 0.15) is 5.82 Å². The average molecular weight is 208 g/mol. The molecule has 0 saturated heterocycles. The van der Waals surface area contributed by atoms with E-state index >= 15 is 0 Å². The zero-order chi connectivity index (χ0) is 11.1. The fraction of sp³-hybridized carbons (Fsp3) is 0.500. The van der Waals surface area contributed by atoms with Crippen LogP contribution in [0.25, 0.3) is 0 Å². The summed E-state index contributed by atoms with van der Waals surface area (Å²) < 4.78 is 0. The summed E-state index contributed by atoms with van der Waals surface area (Å²) in [5.74, 6) is 0.726. The van der Waals surface area contributed by atoms with Crippen LogP contribution < -0.4 is 5.32 Å². The van der Waals surface area contributed by atoms with Gasteiger partial charge in [0.25, 0.3) is 5.91 Å². The van der Waals surface area contributed by atoms with E-state index in [2.05, 4.69) is 27.1 Å². The number of aryl methyl sites for hydroxylation is 1. The molecule has 0 aliphatic rings. The Kier molecular flexibility index (Phi) is 4.53. The van der Waals surface area contributed by atoms with Crippen molar-refractivity contribution in [1.82, 2.24) is 20.5 Å². The first kappa shape index (κ1) is 11.4. The lowest BCUT2D eigenvalue weighted by atomic mass is 10.3. The quantitative estimate of drug-likeness (QED) is 0.542. The van der Waals surface area contributed by atoms with E-state index in [4.69, 9.17) is 0 Å². The molecular formula is C10H16N4O. The molecule has 0 bridgehead atoms. The van der Waals surface area contributed by atoms with Gasteiger partial charge in [-0.1, -0.05) is 13.0 Å². The Labute approximate surface area is 89.0 Å². The lowest BCUT2D eigenvalue weighted by Crippen LogP contribution is -2.25. The first-order valence-corrected chi connectivity index (χ1v) is 5.08. The van der Waals surface area contributed by atoms with Crippen LogP contribution in [0.5, 0.6) is 0 Å². The first-order chi connectivity index (χ1) is 7.27. The third-order valence-electron chi connectivity index (χ3n) is 1.86. The van der Waals surface area contributed by atoms with Crippen LogP contribution in [0.1, 0.15) is 36.2 Å². The van der Waals surface area contributed by atoms with Crippen LogP contribution >= 0.6 is 0 Å². The van der Waals surface area contributed by atoms with Gasteiger partial charge in [0.2, 0.25) is 5.82 Å². The van der Waals surface area contributed by atoms with E-state index < -0.39 is 0 Å². The van der Waals surface area contributed by atoms with Crippen LogP contribution in [0.4, 0.5) is 0 Å². The Morgan fingerprint density at radius 1 is 1.67 bits per heavy atom. The highest BCUT2D eigenvalue weighted by Crippen LogP contribution is 1.96. The zero-order valence-corrected chi connectivity index (χ0v) is 8.92. The molecular weight excluding hydrogens is 192 g/mol. The number of aromatic amines is 1. The molecule has 82 valence electrons. The minimum absolute atomic E-state index is 0.211. The molecule has 0 saturated carbocycles.